The number of benzene rings is 2. The molecule has 5 rings (SSSR count). The van der Waals surface area contributed by atoms with Crippen LogP contribution in [0.4, 0.5) is 17.5 Å². The van der Waals surface area contributed by atoms with Crippen LogP contribution in [0.2, 0.25) is 0 Å². The second-order valence-electron chi connectivity index (χ2n) is 9.26. The first-order valence-electron chi connectivity index (χ1n) is 11.1. The molecule has 8 heteroatoms. The fraction of sp³-hybridized carbons (Fsp3) is 0.231. The molecule has 0 fully saturated rings. The number of hydrogen-bond donors (Lipinski definition) is 2. The van der Waals surface area contributed by atoms with E-state index in [0.29, 0.717) is 11.8 Å². The molecule has 0 bridgehead atoms. The first-order chi connectivity index (χ1) is 16.3. The zero-order valence-electron chi connectivity index (χ0n) is 19.9. The van der Waals surface area contributed by atoms with Crippen LogP contribution in [0.3, 0.4) is 0 Å². The molecule has 0 saturated carbocycles. The van der Waals surface area contributed by atoms with Crippen molar-refractivity contribution in [3.8, 4) is 11.1 Å². The van der Waals surface area contributed by atoms with Gasteiger partial charge in [-0.3, -0.25) is 0 Å². The number of rotatable bonds is 4. The summed E-state index contributed by atoms with van der Waals surface area (Å²) in [5.41, 5.74) is 5.67. The molecule has 0 spiro atoms. The van der Waals surface area contributed by atoms with Gasteiger partial charge >= 0.3 is 0 Å². The van der Waals surface area contributed by atoms with Crippen LogP contribution in [0, 0.1) is 6.92 Å². The SMILES string of the molecule is CNc1ncc2cc(-c3c(C)ccc4c(Nc5cnc(C(C)(C)C)nc5)ncnc34)ccc2n1. The zero-order chi connectivity index (χ0) is 23.9. The molecule has 2 N–H and O–H groups in total. The van der Waals surface area contributed by atoms with Crippen molar-refractivity contribution in [3.63, 3.8) is 0 Å². The molecule has 0 saturated heterocycles. The standard InChI is InChI=1S/C26H26N8/c1-15-6-8-19-22(21(15)16-7-9-20-17(10-16)11-30-25(27-5)34-20)31-14-32-23(19)33-18-12-28-24(29-13-18)26(2,3)4/h6-14H,1-5H3,(H,27,30,34)(H,31,32,33). The summed E-state index contributed by atoms with van der Waals surface area (Å²) < 4.78 is 0. The van der Waals surface area contributed by atoms with Crippen LogP contribution in [0.1, 0.15) is 32.2 Å². The fourth-order valence-corrected chi connectivity index (χ4v) is 3.92. The molecule has 0 radical (unpaired) electrons. The largest absolute Gasteiger partial charge is 0.357 e. The highest BCUT2D eigenvalue weighted by atomic mass is 15.1. The molecule has 3 heterocycles. The zero-order valence-corrected chi connectivity index (χ0v) is 19.9. The molecular formula is C26H26N8. The van der Waals surface area contributed by atoms with Crippen molar-refractivity contribution in [3.05, 3.63) is 66.6 Å². The van der Waals surface area contributed by atoms with Gasteiger partial charge in [-0.2, -0.15) is 0 Å². The van der Waals surface area contributed by atoms with E-state index in [4.69, 9.17) is 0 Å². The highest BCUT2D eigenvalue weighted by molar-refractivity contribution is 6.02. The van der Waals surface area contributed by atoms with Gasteiger partial charge in [0.2, 0.25) is 5.95 Å². The number of hydrogen-bond acceptors (Lipinski definition) is 8. The van der Waals surface area contributed by atoms with Crippen LogP contribution >= 0.6 is 0 Å². The van der Waals surface area contributed by atoms with E-state index in [1.807, 2.05) is 25.4 Å². The Morgan fingerprint density at radius 3 is 2.38 bits per heavy atom. The molecular weight excluding hydrogens is 424 g/mol. The van der Waals surface area contributed by atoms with E-state index in [-0.39, 0.29) is 5.41 Å². The Bertz CT molecular complexity index is 1500. The summed E-state index contributed by atoms with van der Waals surface area (Å²) in [6.07, 6.45) is 7.00. The van der Waals surface area contributed by atoms with E-state index >= 15 is 0 Å². The van der Waals surface area contributed by atoms with Crippen molar-refractivity contribution in [2.45, 2.75) is 33.1 Å². The number of nitrogens with zero attached hydrogens (tertiary/aromatic N) is 6. The summed E-state index contributed by atoms with van der Waals surface area (Å²) in [5, 5.41) is 8.23. The quantitative estimate of drug-likeness (QED) is 0.374. The van der Waals surface area contributed by atoms with Crippen LogP contribution < -0.4 is 10.6 Å². The van der Waals surface area contributed by atoms with Crippen LogP contribution in [0.5, 0.6) is 0 Å². The van der Waals surface area contributed by atoms with Gasteiger partial charge in [0.05, 0.1) is 29.1 Å². The van der Waals surface area contributed by atoms with Gasteiger partial charge in [0.25, 0.3) is 0 Å². The molecule has 34 heavy (non-hydrogen) atoms. The highest BCUT2D eigenvalue weighted by Gasteiger charge is 2.17. The van der Waals surface area contributed by atoms with E-state index in [9.17, 15) is 0 Å². The smallest absolute Gasteiger partial charge is 0.222 e. The maximum Gasteiger partial charge on any atom is 0.222 e. The molecule has 2 aromatic carbocycles. The van der Waals surface area contributed by atoms with Gasteiger partial charge in [-0.1, -0.05) is 32.9 Å². The average Bonchev–Trinajstić information content (AvgIpc) is 2.83. The van der Waals surface area contributed by atoms with Gasteiger partial charge in [0.1, 0.15) is 18.0 Å². The molecule has 0 atom stereocenters. The average molecular weight is 451 g/mol. The highest BCUT2D eigenvalue weighted by Crippen LogP contribution is 2.35. The maximum absolute atomic E-state index is 4.65. The molecule has 0 amide bonds. The summed E-state index contributed by atoms with van der Waals surface area (Å²) in [6, 6.07) is 10.3. The van der Waals surface area contributed by atoms with Crippen molar-refractivity contribution < 1.29 is 0 Å². The van der Waals surface area contributed by atoms with Crippen molar-refractivity contribution in [1.82, 2.24) is 29.9 Å². The predicted octanol–water partition coefficient (Wildman–Crippen LogP) is 5.42. The number of aromatic nitrogens is 6. The molecule has 0 aliphatic rings. The van der Waals surface area contributed by atoms with Crippen LogP contribution in [0.15, 0.2) is 55.2 Å². The Morgan fingerprint density at radius 2 is 1.65 bits per heavy atom. The van der Waals surface area contributed by atoms with Crippen LogP contribution in [0.25, 0.3) is 32.9 Å². The second-order valence-corrected chi connectivity index (χ2v) is 9.26. The topological polar surface area (TPSA) is 101 Å². The molecule has 170 valence electrons. The van der Waals surface area contributed by atoms with E-state index in [1.54, 1.807) is 18.7 Å². The molecule has 8 nitrogen and oxygen atoms in total. The Balaban J connectivity index is 1.58. The summed E-state index contributed by atoms with van der Waals surface area (Å²) in [6.45, 7) is 8.37. The minimum atomic E-state index is -0.105. The van der Waals surface area contributed by atoms with E-state index < -0.39 is 0 Å². The summed E-state index contributed by atoms with van der Waals surface area (Å²) in [5.74, 6) is 2.11. The monoisotopic (exact) mass is 450 g/mol. The normalized spacial score (nSPS) is 11.7. The van der Waals surface area contributed by atoms with Gasteiger partial charge in [-0.15, -0.1) is 0 Å². The lowest BCUT2D eigenvalue weighted by atomic mass is 9.96. The number of aryl methyl sites for hydroxylation is 1. The Morgan fingerprint density at radius 1 is 0.853 bits per heavy atom. The lowest BCUT2D eigenvalue weighted by Crippen LogP contribution is -2.15. The third kappa shape index (κ3) is 3.98. The van der Waals surface area contributed by atoms with Gasteiger partial charge in [-0.05, 0) is 36.2 Å². The third-order valence-electron chi connectivity index (χ3n) is 5.69. The first-order valence-corrected chi connectivity index (χ1v) is 11.1. The molecule has 0 unspecified atom stereocenters. The molecule has 5 aromatic rings. The maximum atomic E-state index is 4.65. The van der Waals surface area contributed by atoms with Gasteiger partial charge < -0.3 is 10.6 Å². The van der Waals surface area contributed by atoms with Crippen molar-refractivity contribution >= 4 is 39.3 Å². The van der Waals surface area contributed by atoms with Gasteiger partial charge in [0, 0.05) is 35.0 Å². The summed E-state index contributed by atoms with van der Waals surface area (Å²) in [4.78, 5) is 27.1. The third-order valence-corrected chi connectivity index (χ3v) is 5.69. The molecule has 0 aliphatic heterocycles. The van der Waals surface area contributed by atoms with E-state index in [0.717, 1.165) is 50.0 Å². The van der Waals surface area contributed by atoms with E-state index in [1.165, 1.54) is 0 Å². The Hall–Kier alpha value is -4.20. The number of anilines is 3. The molecule has 0 aliphatic carbocycles. The summed E-state index contributed by atoms with van der Waals surface area (Å²) in [7, 11) is 1.81. The summed E-state index contributed by atoms with van der Waals surface area (Å²) >= 11 is 0. The second kappa shape index (κ2) is 8.30. The van der Waals surface area contributed by atoms with E-state index in [2.05, 4.69) is 86.4 Å². The van der Waals surface area contributed by atoms with Crippen LogP contribution in [-0.2, 0) is 5.41 Å². The van der Waals surface area contributed by atoms with Crippen molar-refractivity contribution in [2.24, 2.45) is 0 Å². The molecule has 3 aromatic heterocycles. The van der Waals surface area contributed by atoms with Crippen molar-refractivity contribution in [2.75, 3.05) is 17.7 Å². The lowest BCUT2D eigenvalue weighted by molar-refractivity contribution is 0.545. The lowest BCUT2D eigenvalue weighted by Gasteiger charge is -2.17. The van der Waals surface area contributed by atoms with Gasteiger partial charge in [0.15, 0.2) is 0 Å². The van der Waals surface area contributed by atoms with Crippen molar-refractivity contribution in [1.29, 1.82) is 0 Å². The minimum Gasteiger partial charge on any atom is -0.357 e. The Kier molecular flexibility index (Phi) is 5.28. The minimum absolute atomic E-state index is 0.105. The fourth-order valence-electron chi connectivity index (χ4n) is 3.92. The number of nitrogens with one attached hydrogen (secondary N) is 2. The van der Waals surface area contributed by atoms with Crippen LogP contribution in [-0.4, -0.2) is 37.0 Å². The van der Waals surface area contributed by atoms with Gasteiger partial charge in [-0.25, -0.2) is 29.9 Å². The Labute approximate surface area is 198 Å². The number of fused-ring (bicyclic) bond motifs is 2. The predicted molar refractivity (Wildman–Crippen MR) is 136 cm³/mol. The first kappa shape index (κ1) is 21.6.